The Labute approximate surface area is 157 Å². The summed E-state index contributed by atoms with van der Waals surface area (Å²) in [5.41, 5.74) is 7.44. The molecular weight excluding hydrogens is 312 g/mol. The van der Waals surface area contributed by atoms with E-state index in [1.165, 1.54) is 33.4 Å². The predicted molar refractivity (Wildman–Crippen MR) is 114 cm³/mol. The summed E-state index contributed by atoms with van der Waals surface area (Å²) >= 11 is 0. The van der Waals surface area contributed by atoms with Gasteiger partial charge in [0.2, 0.25) is 0 Å². The van der Waals surface area contributed by atoms with E-state index < -0.39 is 0 Å². The first kappa shape index (κ1) is 17.9. The summed E-state index contributed by atoms with van der Waals surface area (Å²) in [6, 6.07) is 17.5. The van der Waals surface area contributed by atoms with Crippen molar-refractivity contribution in [2.75, 3.05) is 0 Å². The number of allylic oxidation sites excluding steroid dienone is 8. The Bertz CT molecular complexity index is 873. The van der Waals surface area contributed by atoms with Gasteiger partial charge in [-0.1, -0.05) is 111 Å². The van der Waals surface area contributed by atoms with Gasteiger partial charge in [-0.3, -0.25) is 0 Å². The van der Waals surface area contributed by atoms with Crippen molar-refractivity contribution >= 4 is 0 Å². The molecule has 0 saturated carbocycles. The highest BCUT2D eigenvalue weighted by Crippen LogP contribution is 2.56. The maximum atomic E-state index is 3.98. The molecule has 0 saturated heterocycles. The summed E-state index contributed by atoms with van der Waals surface area (Å²) in [6.45, 7) is 12.3. The monoisotopic (exact) mass is 338 g/mol. The second-order valence-corrected chi connectivity index (χ2v) is 6.59. The second-order valence-electron chi connectivity index (χ2n) is 6.59. The molecule has 0 nitrogen and oxygen atoms in total. The Morgan fingerprint density at radius 3 is 1.92 bits per heavy atom. The van der Waals surface area contributed by atoms with Gasteiger partial charge in [-0.2, -0.15) is 0 Å². The molecule has 0 heteroatoms. The van der Waals surface area contributed by atoms with Crippen molar-refractivity contribution in [1.29, 1.82) is 0 Å². The minimum Gasteiger partial charge on any atom is -0.0991 e. The van der Waals surface area contributed by atoms with Crippen molar-refractivity contribution in [1.82, 2.24) is 0 Å². The topological polar surface area (TPSA) is 0 Å². The van der Waals surface area contributed by atoms with E-state index in [0.29, 0.717) is 0 Å². The van der Waals surface area contributed by atoms with E-state index in [1.54, 1.807) is 0 Å². The molecule has 3 rings (SSSR count). The largest absolute Gasteiger partial charge is 0.0991 e. The number of hydrogen-bond donors (Lipinski definition) is 0. The average molecular weight is 338 g/mol. The molecule has 0 spiro atoms. The molecule has 0 fully saturated rings. The molecule has 0 atom stereocenters. The molecule has 130 valence electrons. The molecule has 0 radical (unpaired) electrons. The van der Waals surface area contributed by atoms with Crippen molar-refractivity contribution in [3.63, 3.8) is 0 Å². The van der Waals surface area contributed by atoms with Crippen molar-refractivity contribution < 1.29 is 0 Å². The van der Waals surface area contributed by atoms with Crippen molar-refractivity contribution in [2.45, 2.75) is 25.7 Å². The van der Waals surface area contributed by atoms with Crippen LogP contribution >= 0.6 is 0 Å². The van der Waals surface area contributed by atoms with Crippen LogP contribution in [0, 0.1) is 0 Å². The maximum absolute atomic E-state index is 3.98. The molecule has 2 aromatic rings. The van der Waals surface area contributed by atoms with Crippen LogP contribution in [-0.2, 0) is 5.41 Å². The molecule has 26 heavy (non-hydrogen) atoms. The van der Waals surface area contributed by atoms with Crippen LogP contribution in [0.3, 0.4) is 0 Å². The zero-order valence-electron chi connectivity index (χ0n) is 15.7. The van der Waals surface area contributed by atoms with Gasteiger partial charge in [0.05, 0.1) is 5.41 Å². The summed E-state index contributed by atoms with van der Waals surface area (Å²) in [5, 5.41) is 0. The second kappa shape index (κ2) is 7.58. The molecule has 0 amide bonds. The molecular formula is C26H26. The average Bonchev–Trinajstić information content (AvgIpc) is 2.97. The lowest BCUT2D eigenvalue weighted by atomic mass is 9.66. The molecule has 2 aromatic carbocycles. The number of fused-ring (bicyclic) bond motifs is 3. The van der Waals surface area contributed by atoms with Gasteiger partial charge in [0.25, 0.3) is 0 Å². The van der Waals surface area contributed by atoms with Crippen LogP contribution in [0.2, 0.25) is 0 Å². The Morgan fingerprint density at radius 2 is 1.42 bits per heavy atom. The molecule has 0 N–H and O–H groups in total. The molecule has 1 aliphatic rings. The number of benzene rings is 2. The van der Waals surface area contributed by atoms with Crippen LogP contribution in [0.5, 0.6) is 0 Å². The van der Waals surface area contributed by atoms with Gasteiger partial charge in [0.1, 0.15) is 0 Å². The third kappa shape index (κ3) is 2.63. The first-order valence-corrected chi connectivity index (χ1v) is 9.20. The van der Waals surface area contributed by atoms with E-state index in [9.17, 15) is 0 Å². The molecule has 0 aromatic heterocycles. The van der Waals surface area contributed by atoms with Gasteiger partial charge in [-0.05, 0) is 41.2 Å². The fourth-order valence-corrected chi connectivity index (χ4v) is 4.18. The minimum absolute atomic E-state index is 0.318. The maximum Gasteiger partial charge on any atom is 0.0673 e. The summed E-state index contributed by atoms with van der Waals surface area (Å²) < 4.78 is 0. The fraction of sp³-hybridized carbons (Fsp3) is 0.154. The van der Waals surface area contributed by atoms with Gasteiger partial charge in [-0.15, -0.1) is 0 Å². The molecule has 1 aliphatic carbocycles. The summed E-state index contributed by atoms with van der Waals surface area (Å²) in [5.74, 6) is 0. The van der Waals surface area contributed by atoms with Crippen molar-refractivity contribution in [2.24, 2.45) is 0 Å². The quantitative estimate of drug-likeness (QED) is 0.490. The minimum atomic E-state index is -0.318. The normalized spacial score (nSPS) is 15.6. The Hall–Kier alpha value is -2.86. The fourth-order valence-electron chi connectivity index (χ4n) is 4.18. The zero-order chi connectivity index (χ0) is 18.6. The molecule has 0 aliphatic heterocycles. The van der Waals surface area contributed by atoms with Crippen LogP contribution in [0.4, 0.5) is 0 Å². The first-order chi connectivity index (χ1) is 12.7. The lowest BCUT2D eigenvalue weighted by molar-refractivity contribution is 0.744. The SMILES string of the molecule is C=C/C=C(\C)C1(C(/C=C\CC)=C/C=C)c2ccccc2-c2ccccc21. The molecule has 0 heterocycles. The summed E-state index contributed by atoms with van der Waals surface area (Å²) in [6.07, 6.45) is 13.5. The summed E-state index contributed by atoms with van der Waals surface area (Å²) in [7, 11) is 0. The van der Waals surface area contributed by atoms with Gasteiger partial charge in [-0.25, -0.2) is 0 Å². The Kier molecular flexibility index (Phi) is 5.23. The smallest absolute Gasteiger partial charge is 0.0673 e. The third-order valence-electron chi connectivity index (χ3n) is 5.18. The van der Waals surface area contributed by atoms with Gasteiger partial charge in [0.15, 0.2) is 0 Å². The number of rotatable bonds is 6. The standard InChI is InChI=1S/C26H26/c1-5-8-15-21(14-7-3)26(20(4)13-6-2)24-18-11-9-16-22(24)23-17-10-12-19-25(23)26/h6-19H,2-3,5H2,1,4H3/b15-8-,20-13+,21-14+. The zero-order valence-corrected chi connectivity index (χ0v) is 15.7. The summed E-state index contributed by atoms with van der Waals surface area (Å²) in [4.78, 5) is 0. The highest BCUT2D eigenvalue weighted by molar-refractivity contribution is 5.86. The Balaban J connectivity index is 2.48. The van der Waals surface area contributed by atoms with Crippen LogP contribution in [0.1, 0.15) is 31.4 Å². The van der Waals surface area contributed by atoms with Crippen molar-refractivity contribution in [3.8, 4) is 11.1 Å². The van der Waals surface area contributed by atoms with Crippen LogP contribution in [-0.4, -0.2) is 0 Å². The predicted octanol–water partition coefficient (Wildman–Crippen LogP) is 7.16. The van der Waals surface area contributed by atoms with E-state index in [1.807, 2.05) is 12.2 Å². The van der Waals surface area contributed by atoms with Gasteiger partial charge in [0, 0.05) is 0 Å². The van der Waals surface area contributed by atoms with E-state index in [4.69, 9.17) is 0 Å². The number of hydrogen-bond acceptors (Lipinski definition) is 0. The Morgan fingerprint density at radius 1 is 0.885 bits per heavy atom. The lowest BCUT2D eigenvalue weighted by Crippen LogP contribution is -2.29. The third-order valence-corrected chi connectivity index (χ3v) is 5.18. The lowest BCUT2D eigenvalue weighted by Gasteiger charge is -2.35. The highest BCUT2D eigenvalue weighted by Gasteiger charge is 2.45. The van der Waals surface area contributed by atoms with E-state index >= 15 is 0 Å². The van der Waals surface area contributed by atoms with Crippen molar-refractivity contribution in [3.05, 3.63) is 120 Å². The van der Waals surface area contributed by atoms with E-state index in [2.05, 4.69) is 99.8 Å². The van der Waals surface area contributed by atoms with Gasteiger partial charge >= 0.3 is 0 Å². The van der Waals surface area contributed by atoms with E-state index in [0.717, 1.165) is 6.42 Å². The van der Waals surface area contributed by atoms with Crippen LogP contribution < -0.4 is 0 Å². The highest BCUT2D eigenvalue weighted by atomic mass is 14.5. The first-order valence-electron chi connectivity index (χ1n) is 9.20. The van der Waals surface area contributed by atoms with Gasteiger partial charge < -0.3 is 0 Å². The van der Waals surface area contributed by atoms with Crippen LogP contribution in [0.15, 0.2) is 109 Å². The molecule has 0 bridgehead atoms. The molecule has 0 unspecified atom stereocenters. The van der Waals surface area contributed by atoms with Crippen LogP contribution in [0.25, 0.3) is 11.1 Å². The van der Waals surface area contributed by atoms with E-state index in [-0.39, 0.29) is 5.41 Å².